The maximum atomic E-state index is 5.57. The molecule has 0 radical (unpaired) electrons. The van der Waals surface area contributed by atoms with Crippen molar-refractivity contribution in [2.24, 2.45) is 11.7 Å². The summed E-state index contributed by atoms with van der Waals surface area (Å²) in [5.41, 5.74) is 5.57. The molecule has 0 spiro atoms. The van der Waals surface area contributed by atoms with Gasteiger partial charge in [-0.3, -0.25) is 4.90 Å². The molecule has 0 saturated carbocycles. The molecule has 0 unspecified atom stereocenters. The molecule has 17 heavy (non-hydrogen) atoms. The van der Waals surface area contributed by atoms with Crippen LogP contribution in [0.1, 0.15) is 25.1 Å². The fourth-order valence-corrected chi connectivity index (χ4v) is 3.27. The first kappa shape index (κ1) is 15.1. The van der Waals surface area contributed by atoms with Gasteiger partial charge in [0.2, 0.25) is 0 Å². The SMILES string of the molecule is CC(C)CN(CCC(N)=S)Cc1sccc1Br. The Balaban J connectivity index is 2.56. The molecule has 0 saturated heterocycles. The molecule has 1 heterocycles. The third kappa shape index (κ3) is 5.95. The monoisotopic (exact) mass is 334 g/mol. The molecule has 0 fully saturated rings. The van der Waals surface area contributed by atoms with Gasteiger partial charge in [0.1, 0.15) is 0 Å². The lowest BCUT2D eigenvalue weighted by atomic mass is 10.2. The summed E-state index contributed by atoms with van der Waals surface area (Å²) in [5.74, 6) is 0.653. The van der Waals surface area contributed by atoms with Crippen molar-refractivity contribution in [1.29, 1.82) is 0 Å². The largest absolute Gasteiger partial charge is 0.393 e. The maximum absolute atomic E-state index is 5.57. The van der Waals surface area contributed by atoms with E-state index < -0.39 is 0 Å². The van der Waals surface area contributed by atoms with E-state index >= 15 is 0 Å². The average molecular weight is 335 g/mol. The van der Waals surface area contributed by atoms with Crippen LogP contribution in [-0.4, -0.2) is 23.0 Å². The standard InChI is InChI=1S/C12H19BrN2S2/c1-9(2)7-15(5-3-12(14)16)8-11-10(13)4-6-17-11/h4,6,9H,3,5,7-8H2,1-2H3,(H2,14,16). The molecule has 0 aliphatic carbocycles. The van der Waals surface area contributed by atoms with Crippen LogP contribution in [0, 0.1) is 5.92 Å². The van der Waals surface area contributed by atoms with Crippen LogP contribution in [0.3, 0.4) is 0 Å². The third-order valence-electron chi connectivity index (χ3n) is 2.36. The van der Waals surface area contributed by atoms with Crippen LogP contribution < -0.4 is 5.73 Å². The van der Waals surface area contributed by atoms with Crippen molar-refractivity contribution >= 4 is 44.5 Å². The Labute approximate surface area is 121 Å². The zero-order chi connectivity index (χ0) is 12.8. The van der Waals surface area contributed by atoms with Gasteiger partial charge in [-0.15, -0.1) is 11.3 Å². The molecule has 0 amide bonds. The number of thiocarbonyl (C=S) groups is 1. The van der Waals surface area contributed by atoms with Crippen molar-refractivity contribution in [1.82, 2.24) is 4.90 Å². The summed E-state index contributed by atoms with van der Waals surface area (Å²) in [7, 11) is 0. The predicted molar refractivity (Wildman–Crippen MR) is 83.5 cm³/mol. The molecule has 5 heteroatoms. The van der Waals surface area contributed by atoms with E-state index in [0.29, 0.717) is 10.9 Å². The average Bonchev–Trinajstić information content (AvgIpc) is 2.60. The molecule has 0 aromatic carbocycles. The summed E-state index contributed by atoms with van der Waals surface area (Å²) in [5, 5.41) is 2.11. The minimum atomic E-state index is 0.601. The van der Waals surface area contributed by atoms with Crippen LogP contribution in [0.2, 0.25) is 0 Å². The highest BCUT2D eigenvalue weighted by Crippen LogP contribution is 2.24. The summed E-state index contributed by atoms with van der Waals surface area (Å²) in [6.07, 6.45) is 0.797. The Hall–Kier alpha value is 0.0300. The Morgan fingerprint density at radius 1 is 1.59 bits per heavy atom. The van der Waals surface area contributed by atoms with Crippen molar-refractivity contribution in [3.8, 4) is 0 Å². The normalized spacial score (nSPS) is 11.4. The predicted octanol–water partition coefficient (Wildman–Crippen LogP) is 3.64. The van der Waals surface area contributed by atoms with Crippen molar-refractivity contribution in [2.45, 2.75) is 26.8 Å². The van der Waals surface area contributed by atoms with E-state index in [4.69, 9.17) is 18.0 Å². The maximum Gasteiger partial charge on any atom is 0.0740 e. The minimum Gasteiger partial charge on any atom is -0.393 e. The van der Waals surface area contributed by atoms with E-state index in [2.05, 4.69) is 46.1 Å². The molecule has 1 aromatic rings. The van der Waals surface area contributed by atoms with Gasteiger partial charge in [-0.05, 0) is 33.3 Å². The first-order valence-corrected chi connectivity index (χ1v) is 7.79. The second kappa shape index (κ2) is 7.46. The quantitative estimate of drug-likeness (QED) is 0.772. The first-order valence-electron chi connectivity index (χ1n) is 5.71. The lowest BCUT2D eigenvalue weighted by Crippen LogP contribution is -2.30. The first-order chi connectivity index (χ1) is 7.99. The topological polar surface area (TPSA) is 29.3 Å². The molecule has 1 aromatic heterocycles. The zero-order valence-corrected chi connectivity index (χ0v) is 13.5. The number of nitrogens with zero attached hydrogens (tertiary/aromatic N) is 1. The van der Waals surface area contributed by atoms with Gasteiger partial charge < -0.3 is 5.73 Å². The summed E-state index contributed by atoms with van der Waals surface area (Å²) in [6, 6.07) is 2.10. The smallest absolute Gasteiger partial charge is 0.0740 e. The van der Waals surface area contributed by atoms with Crippen LogP contribution in [0.15, 0.2) is 15.9 Å². The lowest BCUT2D eigenvalue weighted by Gasteiger charge is -2.23. The van der Waals surface area contributed by atoms with Crippen molar-refractivity contribution < 1.29 is 0 Å². The molecular formula is C12H19BrN2S2. The molecular weight excluding hydrogens is 316 g/mol. The Morgan fingerprint density at radius 3 is 2.76 bits per heavy atom. The van der Waals surface area contributed by atoms with E-state index in [1.807, 2.05) is 0 Å². The molecule has 0 atom stereocenters. The zero-order valence-electron chi connectivity index (χ0n) is 10.3. The minimum absolute atomic E-state index is 0.601. The van der Waals surface area contributed by atoms with Crippen molar-refractivity contribution in [3.05, 3.63) is 20.8 Å². The van der Waals surface area contributed by atoms with E-state index in [9.17, 15) is 0 Å². The summed E-state index contributed by atoms with van der Waals surface area (Å²) < 4.78 is 1.20. The van der Waals surface area contributed by atoms with Gasteiger partial charge in [0, 0.05) is 35.4 Å². The van der Waals surface area contributed by atoms with Gasteiger partial charge in [0.15, 0.2) is 0 Å². The summed E-state index contributed by atoms with van der Waals surface area (Å²) in [4.78, 5) is 4.39. The van der Waals surface area contributed by atoms with Crippen molar-refractivity contribution in [2.75, 3.05) is 13.1 Å². The highest BCUT2D eigenvalue weighted by molar-refractivity contribution is 9.10. The summed E-state index contributed by atoms with van der Waals surface area (Å²) >= 11 is 10.3. The van der Waals surface area contributed by atoms with Gasteiger partial charge in [0.25, 0.3) is 0 Å². The van der Waals surface area contributed by atoms with Gasteiger partial charge in [0.05, 0.1) is 4.99 Å². The molecule has 2 N–H and O–H groups in total. The highest BCUT2D eigenvalue weighted by Gasteiger charge is 2.11. The molecule has 96 valence electrons. The molecule has 2 nitrogen and oxygen atoms in total. The van der Waals surface area contributed by atoms with E-state index in [0.717, 1.165) is 26.1 Å². The van der Waals surface area contributed by atoms with E-state index in [1.165, 1.54) is 9.35 Å². The van der Waals surface area contributed by atoms with Gasteiger partial charge in [-0.2, -0.15) is 0 Å². The van der Waals surface area contributed by atoms with Crippen LogP contribution in [0.25, 0.3) is 0 Å². The van der Waals surface area contributed by atoms with Crippen LogP contribution in [0.5, 0.6) is 0 Å². The number of hydrogen-bond acceptors (Lipinski definition) is 3. The van der Waals surface area contributed by atoms with Gasteiger partial charge >= 0.3 is 0 Å². The van der Waals surface area contributed by atoms with Crippen LogP contribution in [-0.2, 0) is 6.54 Å². The fraction of sp³-hybridized carbons (Fsp3) is 0.583. The van der Waals surface area contributed by atoms with Gasteiger partial charge in [-0.1, -0.05) is 26.1 Å². The Morgan fingerprint density at radius 2 is 2.29 bits per heavy atom. The Kier molecular flexibility index (Phi) is 6.62. The third-order valence-corrected chi connectivity index (χ3v) is 4.47. The number of thiophene rings is 1. The van der Waals surface area contributed by atoms with Crippen LogP contribution in [0.4, 0.5) is 0 Å². The molecule has 0 aliphatic heterocycles. The van der Waals surface area contributed by atoms with Crippen molar-refractivity contribution in [3.63, 3.8) is 0 Å². The lowest BCUT2D eigenvalue weighted by molar-refractivity contribution is 0.244. The van der Waals surface area contributed by atoms with Crippen LogP contribution >= 0.6 is 39.5 Å². The number of rotatable bonds is 7. The van der Waals surface area contributed by atoms with E-state index in [1.54, 1.807) is 11.3 Å². The second-order valence-electron chi connectivity index (χ2n) is 4.54. The molecule has 0 aliphatic rings. The number of nitrogens with two attached hydrogens (primary N) is 1. The van der Waals surface area contributed by atoms with E-state index in [-0.39, 0.29) is 0 Å². The Bertz CT molecular complexity index is 363. The molecule has 1 rings (SSSR count). The highest BCUT2D eigenvalue weighted by atomic mass is 79.9. The summed E-state index contributed by atoms with van der Waals surface area (Å²) in [6.45, 7) is 7.46. The second-order valence-corrected chi connectivity index (χ2v) is 6.92. The van der Waals surface area contributed by atoms with Gasteiger partial charge in [-0.25, -0.2) is 0 Å². The number of halogens is 1. The fourth-order valence-electron chi connectivity index (χ4n) is 1.66. The number of hydrogen-bond donors (Lipinski definition) is 1. The molecule has 0 bridgehead atoms.